The predicted molar refractivity (Wildman–Crippen MR) is 76.1 cm³/mol. The first-order valence-electron chi connectivity index (χ1n) is 6.07. The van der Waals surface area contributed by atoms with E-state index in [2.05, 4.69) is 37.9 Å². The van der Waals surface area contributed by atoms with Crippen LogP contribution in [0.2, 0.25) is 0 Å². The largest absolute Gasteiger partial charge is 0.294 e. The summed E-state index contributed by atoms with van der Waals surface area (Å²) in [7, 11) is 0. The van der Waals surface area contributed by atoms with Crippen LogP contribution in [0.25, 0.3) is 0 Å². The molecule has 0 spiro atoms. The second kappa shape index (κ2) is 4.51. The maximum atomic E-state index is 12.5. The summed E-state index contributed by atoms with van der Waals surface area (Å²) in [6.45, 7) is 0. The van der Waals surface area contributed by atoms with Gasteiger partial charge in [-0.3, -0.25) is 4.79 Å². The number of hydrogen-bond acceptors (Lipinski definition) is 1. The van der Waals surface area contributed by atoms with Crippen LogP contribution in [0, 0.1) is 11.8 Å². The highest BCUT2D eigenvalue weighted by atomic mass is 79.9. The smallest absolute Gasteiger partial charge is 0.166 e. The molecule has 0 N–H and O–H groups in total. The van der Waals surface area contributed by atoms with Crippen LogP contribution in [-0.4, -0.2) is 15.4 Å². The second-order valence-corrected chi connectivity index (χ2v) is 7.45. The van der Waals surface area contributed by atoms with E-state index in [4.69, 9.17) is 0 Å². The minimum atomic E-state index is 0.225. The highest BCUT2D eigenvalue weighted by Crippen LogP contribution is 2.43. The van der Waals surface area contributed by atoms with Gasteiger partial charge in [0.15, 0.2) is 5.78 Å². The number of ketones is 1. The van der Waals surface area contributed by atoms with Gasteiger partial charge in [0.25, 0.3) is 0 Å². The van der Waals surface area contributed by atoms with Gasteiger partial charge >= 0.3 is 0 Å². The molecule has 0 bridgehead atoms. The minimum Gasteiger partial charge on any atom is -0.294 e. The van der Waals surface area contributed by atoms with Crippen molar-refractivity contribution in [2.24, 2.45) is 11.8 Å². The zero-order valence-electron chi connectivity index (χ0n) is 9.40. The second-order valence-electron chi connectivity index (χ2n) is 5.10. The number of halogens is 2. The summed E-state index contributed by atoms with van der Waals surface area (Å²) in [6, 6.07) is 8.09. The number of Topliss-reactive ketones (excluding diaryl/α,β-unsaturated/α-hetero) is 1. The lowest BCUT2D eigenvalue weighted by atomic mass is 9.68. The Kier molecular flexibility index (Phi) is 3.16. The van der Waals surface area contributed by atoms with Gasteiger partial charge in [0.05, 0.1) is 0 Å². The van der Waals surface area contributed by atoms with E-state index in [1.54, 1.807) is 0 Å². The number of rotatable bonds is 0. The normalized spacial score (nSPS) is 36.2. The van der Waals surface area contributed by atoms with Crippen molar-refractivity contribution in [2.45, 2.75) is 28.9 Å². The molecule has 1 aromatic rings. The van der Waals surface area contributed by atoms with Gasteiger partial charge in [-0.2, -0.15) is 0 Å². The third kappa shape index (κ3) is 2.01. The average Bonchev–Trinajstić information content (AvgIpc) is 2.32. The molecule has 2 aliphatic carbocycles. The molecule has 0 radical (unpaired) electrons. The molecule has 3 heteroatoms. The maximum Gasteiger partial charge on any atom is 0.166 e. The van der Waals surface area contributed by atoms with Crippen LogP contribution in [0.3, 0.4) is 0 Å². The predicted octanol–water partition coefficient (Wildman–Crippen LogP) is 3.98. The zero-order valence-corrected chi connectivity index (χ0v) is 12.6. The summed E-state index contributed by atoms with van der Waals surface area (Å²) in [4.78, 5) is 13.4. The Morgan fingerprint density at radius 1 is 1.06 bits per heavy atom. The molecular formula is C14H14Br2O. The van der Waals surface area contributed by atoms with Crippen molar-refractivity contribution in [3.8, 4) is 0 Å². The molecule has 0 heterocycles. The molecule has 1 nitrogen and oxygen atoms in total. The van der Waals surface area contributed by atoms with E-state index in [1.807, 2.05) is 18.2 Å². The van der Waals surface area contributed by atoms with E-state index >= 15 is 0 Å². The van der Waals surface area contributed by atoms with Gasteiger partial charge in [0, 0.05) is 21.1 Å². The Morgan fingerprint density at radius 3 is 2.59 bits per heavy atom. The lowest BCUT2D eigenvalue weighted by molar-refractivity contribution is 0.0810. The summed E-state index contributed by atoms with van der Waals surface area (Å²) in [5, 5.41) is 0. The van der Waals surface area contributed by atoms with Crippen LogP contribution in [-0.2, 0) is 6.42 Å². The van der Waals surface area contributed by atoms with Crippen molar-refractivity contribution < 1.29 is 4.79 Å². The molecule has 0 saturated heterocycles. The minimum absolute atomic E-state index is 0.225. The maximum absolute atomic E-state index is 12.5. The number of hydrogen-bond donors (Lipinski definition) is 0. The first-order valence-corrected chi connectivity index (χ1v) is 7.90. The van der Waals surface area contributed by atoms with E-state index < -0.39 is 0 Å². The Balaban J connectivity index is 1.97. The third-order valence-electron chi connectivity index (χ3n) is 4.07. The Bertz CT molecular complexity index is 457. The summed E-state index contributed by atoms with van der Waals surface area (Å²) < 4.78 is 0. The van der Waals surface area contributed by atoms with E-state index in [0.29, 0.717) is 21.4 Å². The zero-order chi connectivity index (χ0) is 12.0. The van der Waals surface area contributed by atoms with Crippen molar-refractivity contribution in [3.63, 3.8) is 0 Å². The van der Waals surface area contributed by atoms with Crippen molar-refractivity contribution in [1.82, 2.24) is 0 Å². The molecule has 1 fully saturated rings. The fourth-order valence-electron chi connectivity index (χ4n) is 3.15. The molecule has 17 heavy (non-hydrogen) atoms. The van der Waals surface area contributed by atoms with Gasteiger partial charge in [-0.25, -0.2) is 0 Å². The molecule has 0 aromatic heterocycles. The van der Waals surface area contributed by atoms with Crippen molar-refractivity contribution in [2.75, 3.05) is 0 Å². The molecule has 4 atom stereocenters. The topological polar surface area (TPSA) is 17.1 Å². The highest BCUT2D eigenvalue weighted by molar-refractivity contribution is 9.12. The monoisotopic (exact) mass is 356 g/mol. The molecule has 0 unspecified atom stereocenters. The van der Waals surface area contributed by atoms with Crippen molar-refractivity contribution >= 4 is 37.6 Å². The van der Waals surface area contributed by atoms with Crippen LogP contribution in [0.5, 0.6) is 0 Å². The number of alkyl halides is 2. The van der Waals surface area contributed by atoms with Crippen molar-refractivity contribution in [1.29, 1.82) is 0 Å². The van der Waals surface area contributed by atoms with Crippen LogP contribution < -0.4 is 0 Å². The first kappa shape index (κ1) is 11.9. The summed E-state index contributed by atoms with van der Waals surface area (Å²) in [5.41, 5.74) is 2.20. The van der Waals surface area contributed by atoms with Gasteiger partial charge in [-0.05, 0) is 30.7 Å². The standard InChI is InChI=1S/C14H14Br2O/c15-12-6-9-5-8-3-1-2-4-10(8)14(17)11(9)7-13(12)16/h1-4,9,11-13H,5-7H2/t9-,11-,12+,13+/m1/s1. The number of fused-ring (bicyclic) bond motifs is 2. The van der Waals surface area contributed by atoms with E-state index in [1.165, 1.54) is 5.56 Å². The van der Waals surface area contributed by atoms with Crippen LogP contribution in [0.1, 0.15) is 28.8 Å². The Hall–Kier alpha value is -0.150. The van der Waals surface area contributed by atoms with Crippen LogP contribution >= 0.6 is 31.9 Å². The van der Waals surface area contributed by atoms with Crippen LogP contribution in [0.15, 0.2) is 24.3 Å². The average molecular weight is 358 g/mol. The molecule has 3 rings (SSSR count). The van der Waals surface area contributed by atoms with Gasteiger partial charge in [0.2, 0.25) is 0 Å². The first-order chi connectivity index (χ1) is 8.16. The molecule has 90 valence electrons. The Labute approximate surface area is 118 Å². The fraction of sp³-hybridized carbons (Fsp3) is 0.500. The summed E-state index contributed by atoms with van der Waals surface area (Å²) >= 11 is 7.40. The highest BCUT2D eigenvalue weighted by Gasteiger charge is 2.42. The summed E-state index contributed by atoms with van der Waals surface area (Å²) in [5.74, 6) is 1.11. The van der Waals surface area contributed by atoms with E-state index in [0.717, 1.165) is 24.8 Å². The van der Waals surface area contributed by atoms with E-state index in [-0.39, 0.29) is 5.92 Å². The molecular weight excluding hydrogens is 344 g/mol. The van der Waals surface area contributed by atoms with Crippen LogP contribution in [0.4, 0.5) is 0 Å². The lowest BCUT2D eigenvalue weighted by Crippen LogP contribution is -2.41. The Morgan fingerprint density at radius 2 is 1.76 bits per heavy atom. The molecule has 2 aliphatic rings. The van der Waals surface area contributed by atoms with Gasteiger partial charge in [-0.15, -0.1) is 0 Å². The number of benzene rings is 1. The molecule has 1 aromatic carbocycles. The number of carbonyl (C=O) groups is 1. The lowest BCUT2D eigenvalue weighted by Gasteiger charge is -2.39. The summed E-state index contributed by atoms with van der Waals surface area (Å²) in [6.07, 6.45) is 3.13. The van der Waals surface area contributed by atoms with E-state index in [9.17, 15) is 4.79 Å². The van der Waals surface area contributed by atoms with Gasteiger partial charge in [0.1, 0.15) is 0 Å². The molecule has 1 saturated carbocycles. The molecule has 0 amide bonds. The quantitative estimate of drug-likeness (QED) is 0.642. The van der Waals surface area contributed by atoms with Gasteiger partial charge < -0.3 is 0 Å². The van der Waals surface area contributed by atoms with Gasteiger partial charge in [-0.1, -0.05) is 56.1 Å². The molecule has 0 aliphatic heterocycles. The van der Waals surface area contributed by atoms with Crippen molar-refractivity contribution in [3.05, 3.63) is 35.4 Å². The number of carbonyl (C=O) groups excluding carboxylic acids is 1. The third-order valence-corrected chi connectivity index (χ3v) is 6.80. The SMILES string of the molecule is O=C1c2ccccc2C[C@@H]2C[C@H](Br)[C@@H](Br)C[C@@H]12. The fourth-order valence-corrected chi connectivity index (χ4v) is 4.47.